The van der Waals surface area contributed by atoms with Gasteiger partial charge in [-0.25, -0.2) is 0 Å². The Morgan fingerprint density at radius 1 is 1.30 bits per heavy atom. The molecule has 1 N–H and O–H groups in total. The van der Waals surface area contributed by atoms with Gasteiger partial charge in [-0.05, 0) is 6.42 Å². The molecule has 2 atom stereocenters. The zero-order valence-electron chi connectivity index (χ0n) is 5.70. The summed E-state index contributed by atoms with van der Waals surface area (Å²) in [5, 5.41) is 3.17. The van der Waals surface area contributed by atoms with Crippen molar-refractivity contribution < 1.29 is 0 Å². The summed E-state index contributed by atoms with van der Waals surface area (Å²) < 4.78 is 0. The van der Waals surface area contributed by atoms with E-state index in [4.69, 9.17) is 0 Å². The molecule has 2 aliphatic rings. The molecule has 52 valence electrons. The number of aliphatic imine (C=N–C) groups is 1. The van der Waals surface area contributed by atoms with E-state index < -0.39 is 0 Å². The maximum atomic E-state index is 4.24. The molecule has 1 aliphatic heterocycles. The van der Waals surface area contributed by atoms with Gasteiger partial charge in [-0.3, -0.25) is 4.99 Å². The van der Waals surface area contributed by atoms with Gasteiger partial charge in [0, 0.05) is 0 Å². The van der Waals surface area contributed by atoms with Crippen LogP contribution in [-0.4, -0.2) is 18.4 Å². The van der Waals surface area contributed by atoms with Crippen molar-refractivity contribution in [2.75, 3.05) is 0 Å². The molecule has 2 unspecified atom stereocenters. The second-order valence-electron chi connectivity index (χ2n) is 2.55. The minimum absolute atomic E-state index is 0.346. The van der Waals surface area contributed by atoms with Crippen LogP contribution >= 0.6 is 0 Å². The van der Waals surface area contributed by atoms with Gasteiger partial charge in [0.05, 0.1) is 18.4 Å². The maximum absolute atomic E-state index is 4.24. The highest BCUT2D eigenvalue weighted by Crippen LogP contribution is 2.11. The normalized spacial score (nSPS) is 35.2. The molecule has 0 amide bonds. The summed E-state index contributed by atoms with van der Waals surface area (Å²) >= 11 is 0. The first-order valence-electron chi connectivity index (χ1n) is 3.58. The number of allylic oxidation sites excluding steroid dienone is 2. The minimum Gasteiger partial charge on any atom is -0.368 e. The summed E-state index contributed by atoms with van der Waals surface area (Å²) in [5.41, 5.74) is 0. The van der Waals surface area contributed by atoms with Crippen molar-refractivity contribution >= 4 is 6.34 Å². The highest BCUT2D eigenvalue weighted by Gasteiger charge is 2.18. The van der Waals surface area contributed by atoms with E-state index in [-0.39, 0.29) is 0 Å². The molecular formula is C8H10N2. The Kier molecular flexibility index (Phi) is 1.31. The fraction of sp³-hybridized carbons (Fsp3) is 0.375. The number of nitrogens with one attached hydrogen (secondary N) is 1. The number of nitrogens with zero attached hydrogens (tertiary/aromatic N) is 1. The van der Waals surface area contributed by atoms with Crippen LogP contribution < -0.4 is 5.32 Å². The quantitative estimate of drug-likeness (QED) is 0.488. The summed E-state index contributed by atoms with van der Waals surface area (Å²) in [6, 6.07) is 0.762. The lowest BCUT2D eigenvalue weighted by Gasteiger charge is -2.07. The minimum atomic E-state index is 0.346. The van der Waals surface area contributed by atoms with E-state index in [1.54, 1.807) is 6.34 Å². The van der Waals surface area contributed by atoms with Crippen LogP contribution in [0.15, 0.2) is 29.3 Å². The maximum Gasteiger partial charge on any atom is 0.0934 e. The van der Waals surface area contributed by atoms with Crippen molar-refractivity contribution in [3.05, 3.63) is 24.3 Å². The molecule has 0 saturated carbocycles. The Balaban J connectivity index is 2.22. The third-order valence-corrected chi connectivity index (χ3v) is 1.83. The molecule has 2 nitrogen and oxygen atoms in total. The molecule has 0 radical (unpaired) electrons. The lowest BCUT2D eigenvalue weighted by Crippen LogP contribution is -2.27. The van der Waals surface area contributed by atoms with E-state index in [0.717, 1.165) is 6.42 Å². The Labute approximate surface area is 60.3 Å². The zero-order valence-corrected chi connectivity index (χ0v) is 5.70. The summed E-state index contributed by atoms with van der Waals surface area (Å²) in [7, 11) is 0. The number of hydrogen-bond donors (Lipinski definition) is 1. The fourth-order valence-electron chi connectivity index (χ4n) is 1.27. The topological polar surface area (TPSA) is 24.4 Å². The van der Waals surface area contributed by atoms with Gasteiger partial charge in [0.15, 0.2) is 0 Å². The van der Waals surface area contributed by atoms with Crippen LogP contribution in [0.4, 0.5) is 0 Å². The Morgan fingerprint density at radius 2 is 2.20 bits per heavy atom. The fourth-order valence-corrected chi connectivity index (χ4v) is 1.27. The highest BCUT2D eigenvalue weighted by molar-refractivity contribution is 5.60. The molecule has 0 saturated heterocycles. The molecule has 0 bridgehead atoms. The second kappa shape index (κ2) is 2.29. The number of fused-ring (bicyclic) bond motifs is 1. The Bertz CT molecular complexity index is 203. The van der Waals surface area contributed by atoms with E-state index in [1.165, 1.54) is 0 Å². The van der Waals surface area contributed by atoms with Crippen LogP contribution in [-0.2, 0) is 0 Å². The van der Waals surface area contributed by atoms with Gasteiger partial charge in [0.25, 0.3) is 0 Å². The molecule has 10 heavy (non-hydrogen) atoms. The van der Waals surface area contributed by atoms with Gasteiger partial charge in [-0.15, -0.1) is 0 Å². The van der Waals surface area contributed by atoms with Crippen molar-refractivity contribution in [1.82, 2.24) is 5.32 Å². The van der Waals surface area contributed by atoms with Crippen molar-refractivity contribution in [1.29, 1.82) is 0 Å². The van der Waals surface area contributed by atoms with Gasteiger partial charge in [-0.1, -0.05) is 24.3 Å². The third-order valence-electron chi connectivity index (χ3n) is 1.83. The molecule has 0 aromatic carbocycles. The first-order valence-corrected chi connectivity index (χ1v) is 3.58. The standard InChI is InChI=1S/C8H10N2/c1-2-4-7-8(5-3-1)10-6-9-7/h2-8H,1H2,(H,9,10). The van der Waals surface area contributed by atoms with E-state index in [2.05, 4.69) is 34.6 Å². The number of rotatable bonds is 0. The summed E-state index contributed by atoms with van der Waals surface area (Å²) in [6.45, 7) is 0. The van der Waals surface area contributed by atoms with E-state index >= 15 is 0 Å². The van der Waals surface area contributed by atoms with E-state index in [1.807, 2.05) is 0 Å². The van der Waals surface area contributed by atoms with Crippen LogP contribution in [0.3, 0.4) is 0 Å². The first-order chi connectivity index (χ1) is 4.97. The Morgan fingerprint density at radius 3 is 3.20 bits per heavy atom. The predicted molar refractivity (Wildman–Crippen MR) is 42.1 cm³/mol. The first kappa shape index (κ1) is 5.71. The molecule has 1 aliphatic carbocycles. The van der Waals surface area contributed by atoms with Crippen LogP contribution in [0.2, 0.25) is 0 Å². The Hall–Kier alpha value is -1.05. The number of hydrogen-bond acceptors (Lipinski definition) is 2. The zero-order chi connectivity index (χ0) is 6.81. The van der Waals surface area contributed by atoms with Crippen LogP contribution in [0, 0.1) is 0 Å². The summed E-state index contributed by atoms with van der Waals surface area (Å²) in [4.78, 5) is 4.24. The lowest BCUT2D eigenvalue weighted by molar-refractivity contribution is 0.705. The third kappa shape index (κ3) is 0.856. The molecule has 2 heteroatoms. The second-order valence-corrected chi connectivity index (χ2v) is 2.55. The smallest absolute Gasteiger partial charge is 0.0934 e. The van der Waals surface area contributed by atoms with Crippen molar-refractivity contribution in [3.63, 3.8) is 0 Å². The SMILES string of the molecule is C1=CC2N=CNC2C=CC1. The van der Waals surface area contributed by atoms with E-state index in [9.17, 15) is 0 Å². The largest absolute Gasteiger partial charge is 0.368 e. The van der Waals surface area contributed by atoms with Crippen LogP contribution in [0.1, 0.15) is 6.42 Å². The van der Waals surface area contributed by atoms with Crippen LogP contribution in [0.5, 0.6) is 0 Å². The molecule has 2 rings (SSSR count). The van der Waals surface area contributed by atoms with Crippen molar-refractivity contribution in [3.8, 4) is 0 Å². The van der Waals surface area contributed by atoms with E-state index in [0.29, 0.717) is 12.1 Å². The van der Waals surface area contributed by atoms with Crippen molar-refractivity contribution in [2.24, 2.45) is 4.99 Å². The summed E-state index contributed by atoms with van der Waals surface area (Å²) in [5.74, 6) is 0. The van der Waals surface area contributed by atoms with Gasteiger partial charge in [0.2, 0.25) is 0 Å². The molecule has 0 fully saturated rings. The molecule has 1 heterocycles. The lowest BCUT2D eigenvalue weighted by atomic mass is 10.1. The molecule has 0 aromatic rings. The van der Waals surface area contributed by atoms with Gasteiger partial charge in [-0.2, -0.15) is 0 Å². The predicted octanol–water partition coefficient (Wildman–Crippen LogP) is 0.871. The van der Waals surface area contributed by atoms with Crippen molar-refractivity contribution in [2.45, 2.75) is 18.5 Å². The molecule has 0 aromatic heterocycles. The van der Waals surface area contributed by atoms with Gasteiger partial charge in [0.1, 0.15) is 0 Å². The highest BCUT2D eigenvalue weighted by atomic mass is 15.1. The molecule has 0 spiro atoms. The summed E-state index contributed by atoms with van der Waals surface area (Å²) in [6.07, 6.45) is 11.5. The van der Waals surface area contributed by atoms with Gasteiger partial charge >= 0.3 is 0 Å². The van der Waals surface area contributed by atoms with Gasteiger partial charge < -0.3 is 5.32 Å². The average Bonchev–Trinajstić information content (AvgIpc) is 2.28. The molecular weight excluding hydrogens is 124 g/mol. The monoisotopic (exact) mass is 134 g/mol. The average molecular weight is 134 g/mol. The van der Waals surface area contributed by atoms with Crippen LogP contribution in [0.25, 0.3) is 0 Å².